The third-order valence-corrected chi connectivity index (χ3v) is 23.7. The van der Waals surface area contributed by atoms with Crippen LogP contribution in [0.15, 0.2) is 86.2 Å². The summed E-state index contributed by atoms with van der Waals surface area (Å²) in [6.07, 6.45) is 12.5. The maximum Gasteiger partial charge on any atom is 0.408 e. The van der Waals surface area contributed by atoms with Gasteiger partial charge in [0.05, 0.1) is 56.1 Å². The largest absolute Gasteiger partial charge is 0.497 e. The number of hydrogen-bond donors (Lipinski definition) is 7. The van der Waals surface area contributed by atoms with Crippen molar-refractivity contribution >= 4 is 108 Å². The minimum absolute atomic E-state index is 0. The number of sulfonamides is 2. The molecular weight excluding hydrogens is 1410 g/mol. The van der Waals surface area contributed by atoms with E-state index in [1.807, 2.05) is 24.3 Å². The standard InChI is InChI=1S/C35H45N5O10S.C29H37N5O8S.C5H10O.2ClH/c1-5-22-18-35(22,33(43)39-51(45,46)26-11-12-26)38-30(41)28-17-25(49-31-27-13-10-24(48-4)16-21(27)14-15-36-31)19-40(28)32(42)29(20(2)47-3)37-34(44)50-23-8-6-7-9-23;1-5-18-14-29(18,28(37)33-43(38,39)21-7-8-21)32-25(35)23-13-20(15-34(23)27(36)24(30)16(2)40-3)42-26-22-9-6-19(41-4)12-17(22)10-11-31-26;6-5-3-1-2-4-5;;/h5,10,13-16,20,22-23,25-26,28-29H,1,6-9,11-12,17-19H2,2-4H3,(H,37,44)(H,38,41)(H,39,43);5-6,9-12,16,18,20-21,23-24H,1,7-8,13-15,30H2,2-4H3,(H,32,35)(H,33,37);5-6H,1-4H2;2*1H/t20-,22+,25+,28-,29-,35+;16-,18+,20+,23-,24-,29+;;;/m00.../s1. The average molecular weight is 1500 g/mol. The molecule has 2 aliphatic heterocycles. The van der Waals surface area contributed by atoms with Gasteiger partial charge in [-0.25, -0.2) is 31.6 Å². The van der Waals surface area contributed by atoms with Crippen LogP contribution in [0.1, 0.15) is 117 Å². The Labute approximate surface area is 606 Å². The average Bonchev–Trinajstić information content (AvgIpc) is 1.58. The fourth-order valence-electron chi connectivity index (χ4n) is 13.3. The Morgan fingerprint density at radius 1 is 0.608 bits per heavy atom. The number of likely N-dealkylation sites (tertiary alicyclic amines) is 2. The van der Waals surface area contributed by atoms with E-state index in [1.165, 1.54) is 49.0 Å². The summed E-state index contributed by atoms with van der Waals surface area (Å²) >= 11 is 0. The number of nitrogens with zero attached hydrogens (tertiary/aromatic N) is 4. The third kappa shape index (κ3) is 18.5. The van der Waals surface area contributed by atoms with E-state index in [0.717, 1.165) is 54.7 Å². The van der Waals surface area contributed by atoms with Crippen molar-refractivity contribution in [3.05, 3.63) is 86.2 Å². The SMILES string of the molecule is C=C[C@@H]1C[C@]1(NC(=O)[C@@H]1C[C@@H](Oc2nccc3cc(OC)ccc23)CN1C(=O)[C@@H](N)[C@H](C)OC)C(=O)NS(=O)(=O)C1CC1.C=C[C@@H]1C[C@]1(NC(=O)[C@@H]1C[C@@H](Oc2nccc3cc(OC)ccc23)CN1C(=O)[C@@H](NC(=O)OC1CCCC1)[C@H](C)OC)C(=O)NS(=O)(=O)C1CC1.Cl.Cl.OC1CCCC1. The number of amides is 7. The summed E-state index contributed by atoms with van der Waals surface area (Å²) in [4.78, 5) is 107. The zero-order chi connectivity index (χ0) is 72.0. The lowest BCUT2D eigenvalue weighted by Gasteiger charge is -2.31. The molecule has 8 fully saturated rings. The lowest BCUT2D eigenvalue weighted by molar-refractivity contribution is -0.143. The Hall–Kier alpha value is -7.65. The molecule has 0 unspecified atom stereocenters. The summed E-state index contributed by atoms with van der Waals surface area (Å²) in [5.74, 6) is -3.23. The highest BCUT2D eigenvalue weighted by Crippen LogP contribution is 2.47. The second kappa shape index (κ2) is 33.9. The fraction of sp³-hybridized carbons (Fsp3) is 0.580. The van der Waals surface area contributed by atoms with Crippen LogP contribution in [0.4, 0.5) is 4.79 Å². The number of nitrogens with two attached hydrogens (primary N) is 1. The number of alkyl carbamates (subject to hydrolysis) is 1. The number of pyridine rings is 2. The van der Waals surface area contributed by atoms with E-state index < -0.39 is 144 Å². The fourth-order valence-corrected chi connectivity index (χ4v) is 16.0. The first-order valence-corrected chi connectivity index (χ1v) is 37.1. The molecule has 12 atom stereocenters. The van der Waals surface area contributed by atoms with E-state index in [-0.39, 0.29) is 81.7 Å². The van der Waals surface area contributed by atoms with Crippen molar-refractivity contribution in [2.24, 2.45) is 17.6 Å². The number of aromatic nitrogens is 2. The summed E-state index contributed by atoms with van der Waals surface area (Å²) in [6.45, 7) is 10.7. The van der Waals surface area contributed by atoms with Gasteiger partial charge in [0.1, 0.15) is 65.1 Å². The van der Waals surface area contributed by atoms with Crippen LogP contribution in [0, 0.1) is 11.8 Å². The molecule has 102 heavy (non-hydrogen) atoms. The predicted octanol–water partition coefficient (Wildman–Crippen LogP) is 4.72. The molecule has 0 bridgehead atoms. The molecule has 6 aliphatic carbocycles. The van der Waals surface area contributed by atoms with E-state index in [4.69, 9.17) is 44.0 Å². The lowest BCUT2D eigenvalue weighted by Crippen LogP contribution is -2.60. The van der Waals surface area contributed by atoms with Crippen LogP contribution >= 0.6 is 24.8 Å². The van der Waals surface area contributed by atoms with Gasteiger partial charge in [-0.1, -0.05) is 25.0 Å². The molecule has 4 aromatic rings. The number of methoxy groups -OCH3 is 4. The number of ether oxygens (including phenoxy) is 7. The van der Waals surface area contributed by atoms with Gasteiger partial charge in [-0.3, -0.25) is 38.2 Å². The highest BCUT2D eigenvalue weighted by atomic mass is 35.5. The summed E-state index contributed by atoms with van der Waals surface area (Å²) < 4.78 is 94.1. The van der Waals surface area contributed by atoms with Crippen molar-refractivity contribution < 1.29 is 88.7 Å². The minimum Gasteiger partial charge on any atom is -0.497 e. The number of aliphatic hydroxyl groups excluding tert-OH is 1. The summed E-state index contributed by atoms with van der Waals surface area (Å²) in [5.41, 5.74) is 3.14. The van der Waals surface area contributed by atoms with Gasteiger partial charge in [0.2, 0.25) is 55.4 Å². The van der Waals surface area contributed by atoms with Gasteiger partial charge < -0.3 is 69.7 Å². The van der Waals surface area contributed by atoms with Crippen LogP contribution in [0.3, 0.4) is 0 Å². The Bertz CT molecular complexity index is 3970. The second-order valence-corrected chi connectivity index (χ2v) is 30.9. The molecule has 2 aromatic heterocycles. The number of benzene rings is 2. The molecule has 0 radical (unpaired) electrons. The molecule has 8 N–H and O–H groups in total. The molecule has 2 saturated heterocycles. The monoisotopic (exact) mass is 1500 g/mol. The Morgan fingerprint density at radius 3 is 1.40 bits per heavy atom. The van der Waals surface area contributed by atoms with Gasteiger partial charge in [-0.05, 0) is 150 Å². The van der Waals surface area contributed by atoms with Crippen molar-refractivity contribution in [3.8, 4) is 23.3 Å². The molecular formula is C69H94Cl2N10O19S2. The summed E-state index contributed by atoms with van der Waals surface area (Å²) in [5, 5.41) is 18.7. The van der Waals surface area contributed by atoms with Crippen molar-refractivity contribution in [3.63, 3.8) is 0 Å². The molecule has 0 spiro atoms. The second-order valence-electron chi connectivity index (χ2n) is 27.0. The van der Waals surface area contributed by atoms with Gasteiger partial charge in [-0.15, -0.1) is 38.0 Å². The normalized spacial score (nSPS) is 25.5. The van der Waals surface area contributed by atoms with Gasteiger partial charge in [0.15, 0.2) is 0 Å². The van der Waals surface area contributed by atoms with Crippen LogP contribution in [0.2, 0.25) is 0 Å². The van der Waals surface area contributed by atoms with Gasteiger partial charge in [0, 0.05) is 62.1 Å². The number of carbonyl (C=O) groups excluding carboxylic acids is 7. The number of rotatable bonds is 26. The highest BCUT2D eigenvalue weighted by Gasteiger charge is 2.63. The smallest absolute Gasteiger partial charge is 0.408 e. The predicted molar refractivity (Wildman–Crippen MR) is 380 cm³/mol. The van der Waals surface area contributed by atoms with E-state index in [2.05, 4.69) is 48.5 Å². The van der Waals surface area contributed by atoms with E-state index in [0.29, 0.717) is 48.4 Å². The molecule has 29 nitrogen and oxygen atoms in total. The van der Waals surface area contributed by atoms with Gasteiger partial charge >= 0.3 is 6.09 Å². The number of nitrogens with one attached hydrogen (secondary N) is 5. The molecule has 6 saturated carbocycles. The summed E-state index contributed by atoms with van der Waals surface area (Å²) in [7, 11) is -1.78. The maximum absolute atomic E-state index is 14.4. The minimum atomic E-state index is -3.90. The zero-order valence-corrected chi connectivity index (χ0v) is 61.2. The number of halogens is 2. The number of carbonyl (C=O) groups is 7. The molecule has 8 aliphatic rings. The zero-order valence-electron chi connectivity index (χ0n) is 57.9. The van der Waals surface area contributed by atoms with E-state index >= 15 is 0 Å². The van der Waals surface area contributed by atoms with E-state index in [9.17, 15) is 50.4 Å². The van der Waals surface area contributed by atoms with Gasteiger partial charge in [0.25, 0.3) is 11.8 Å². The Morgan fingerprint density at radius 2 is 1.03 bits per heavy atom. The van der Waals surface area contributed by atoms with Crippen molar-refractivity contribution in [1.29, 1.82) is 0 Å². The topological polar surface area (TPSA) is 391 Å². The number of hydrogen-bond acceptors (Lipinski definition) is 22. The molecule has 2 aromatic carbocycles. The number of fused-ring (bicyclic) bond motifs is 2. The third-order valence-electron chi connectivity index (χ3n) is 20.1. The van der Waals surface area contributed by atoms with E-state index in [1.54, 1.807) is 64.7 Å². The van der Waals surface area contributed by atoms with Crippen LogP contribution in [0.25, 0.3) is 21.5 Å². The quantitative estimate of drug-likeness (QED) is 0.0418. The van der Waals surface area contributed by atoms with Crippen LogP contribution in [0.5, 0.6) is 23.3 Å². The molecule has 33 heteroatoms. The van der Waals surface area contributed by atoms with Crippen LogP contribution in [-0.4, -0.2) is 207 Å². The highest BCUT2D eigenvalue weighted by molar-refractivity contribution is 7.91. The lowest BCUT2D eigenvalue weighted by atomic mass is 10.1. The molecule has 560 valence electrons. The molecule has 7 amide bonds. The van der Waals surface area contributed by atoms with Crippen molar-refractivity contribution in [2.45, 2.75) is 199 Å². The summed E-state index contributed by atoms with van der Waals surface area (Å²) in [6, 6.07) is 9.93. The maximum atomic E-state index is 14.4. The molecule has 12 rings (SSSR count). The number of aliphatic hydroxyl groups is 1. The van der Waals surface area contributed by atoms with Crippen LogP contribution < -0.4 is 50.1 Å². The van der Waals surface area contributed by atoms with Crippen LogP contribution in [-0.2, 0) is 63.0 Å². The molecule has 4 heterocycles. The van der Waals surface area contributed by atoms with Crippen molar-refractivity contribution in [1.82, 2.24) is 45.2 Å². The van der Waals surface area contributed by atoms with Crippen molar-refractivity contribution in [2.75, 3.05) is 41.5 Å². The first kappa shape index (κ1) is 80.0. The first-order chi connectivity index (χ1) is 47.7. The first-order valence-electron chi connectivity index (χ1n) is 34.0. The Balaban J connectivity index is 0.000000237. The Kier molecular flexibility index (Phi) is 26.6. The van der Waals surface area contributed by atoms with Gasteiger partial charge in [-0.2, -0.15) is 0 Å².